The lowest BCUT2D eigenvalue weighted by Gasteiger charge is -2.14. The lowest BCUT2D eigenvalue weighted by molar-refractivity contribution is -0.121. The molecule has 1 aromatic heterocycles. The lowest BCUT2D eigenvalue weighted by Crippen LogP contribution is -2.42. The van der Waals surface area contributed by atoms with Gasteiger partial charge in [0.25, 0.3) is 5.56 Å². The van der Waals surface area contributed by atoms with Gasteiger partial charge in [0.1, 0.15) is 6.54 Å². The van der Waals surface area contributed by atoms with Crippen LogP contribution in [0.25, 0.3) is 10.9 Å². The molecule has 0 aliphatic heterocycles. The topological polar surface area (TPSA) is 102 Å². The van der Waals surface area contributed by atoms with E-state index in [1.165, 1.54) is 4.57 Å². The Labute approximate surface area is 212 Å². The third-order valence-electron chi connectivity index (χ3n) is 5.68. The number of nitrogens with zero attached hydrogens (tertiary/aromatic N) is 2. The third-order valence-corrected chi connectivity index (χ3v) is 5.92. The predicted molar refractivity (Wildman–Crippen MR) is 140 cm³/mol. The minimum Gasteiger partial charge on any atom is -0.356 e. The molecule has 0 radical (unpaired) electrons. The second-order valence-electron chi connectivity index (χ2n) is 8.24. The molecule has 0 spiro atoms. The van der Waals surface area contributed by atoms with Crippen molar-refractivity contribution in [2.45, 2.75) is 25.9 Å². The van der Waals surface area contributed by atoms with Crippen LogP contribution in [0.3, 0.4) is 0 Å². The SMILES string of the molecule is O=C(CCn1c(=O)c2ccccc2n(CC(=O)Nc2cccc(Cl)c2)c1=O)NCCc1ccccc1. The maximum atomic E-state index is 13.3. The molecule has 0 aliphatic rings. The molecule has 2 N–H and O–H groups in total. The predicted octanol–water partition coefficient (Wildman–Crippen LogP) is 3.20. The van der Waals surface area contributed by atoms with Crippen molar-refractivity contribution in [3.63, 3.8) is 0 Å². The number of hydrogen-bond donors (Lipinski definition) is 2. The highest BCUT2D eigenvalue weighted by Crippen LogP contribution is 2.15. The van der Waals surface area contributed by atoms with E-state index in [0.717, 1.165) is 10.1 Å². The number of nitrogens with one attached hydrogen (secondary N) is 2. The van der Waals surface area contributed by atoms with E-state index in [-0.39, 0.29) is 30.8 Å². The van der Waals surface area contributed by atoms with Gasteiger partial charge in [-0.05, 0) is 42.3 Å². The Hall–Kier alpha value is -4.17. The van der Waals surface area contributed by atoms with Crippen LogP contribution in [0.4, 0.5) is 5.69 Å². The second kappa shape index (κ2) is 11.5. The van der Waals surface area contributed by atoms with Crippen molar-refractivity contribution in [3.05, 3.63) is 110 Å². The van der Waals surface area contributed by atoms with E-state index in [0.29, 0.717) is 29.2 Å². The first-order valence-corrected chi connectivity index (χ1v) is 11.9. The molecule has 0 bridgehead atoms. The minimum absolute atomic E-state index is 0.0447. The zero-order valence-electron chi connectivity index (χ0n) is 19.4. The average molecular weight is 505 g/mol. The van der Waals surface area contributed by atoms with E-state index in [1.54, 1.807) is 48.5 Å². The highest BCUT2D eigenvalue weighted by Gasteiger charge is 2.16. The molecular formula is C27H25ClN4O4. The molecular weight excluding hydrogens is 480 g/mol. The molecule has 9 heteroatoms. The molecule has 0 atom stereocenters. The molecule has 184 valence electrons. The van der Waals surface area contributed by atoms with Crippen molar-refractivity contribution in [3.8, 4) is 0 Å². The molecule has 1 heterocycles. The molecule has 8 nitrogen and oxygen atoms in total. The molecule has 3 aromatic carbocycles. The molecule has 0 unspecified atom stereocenters. The van der Waals surface area contributed by atoms with Crippen molar-refractivity contribution in [1.82, 2.24) is 14.5 Å². The largest absolute Gasteiger partial charge is 0.356 e. The fourth-order valence-corrected chi connectivity index (χ4v) is 4.11. The van der Waals surface area contributed by atoms with Crippen molar-refractivity contribution >= 4 is 40.0 Å². The smallest absolute Gasteiger partial charge is 0.331 e. The summed E-state index contributed by atoms with van der Waals surface area (Å²) in [4.78, 5) is 51.4. The monoisotopic (exact) mass is 504 g/mol. The number of amides is 2. The number of anilines is 1. The van der Waals surface area contributed by atoms with Crippen LogP contribution in [0.1, 0.15) is 12.0 Å². The minimum atomic E-state index is -0.656. The number of carbonyl (C=O) groups is 2. The number of aromatic nitrogens is 2. The molecule has 0 saturated heterocycles. The van der Waals surface area contributed by atoms with Crippen LogP contribution >= 0.6 is 11.6 Å². The Morgan fingerprint density at radius 3 is 2.36 bits per heavy atom. The van der Waals surface area contributed by atoms with Crippen LogP contribution in [0, 0.1) is 0 Å². The first-order chi connectivity index (χ1) is 17.4. The summed E-state index contributed by atoms with van der Waals surface area (Å²) in [6.07, 6.45) is 0.633. The Balaban J connectivity index is 1.50. The number of hydrogen-bond acceptors (Lipinski definition) is 4. The summed E-state index contributed by atoms with van der Waals surface area (Å²) >= 11 is 5.98. The molecule has 0 aliphatic carbocycles. The summed E-state index contributed by atoms with van der Waals surface area (Å²) in [6.45, 7) is 0.0361. The Morgan fingerprint density at radius 1 is 0.833 bits per heavy atom. The van der Waals surface area contributed by atoms with E-state index in [2.05, 4.69) is 10.6 Å². The van der Waals surface area contributed by atoms with Crippen molar-refractivity contribution < 1.29 is 9.59 Å². The van der Waals surface area contributed by atoms with Crippen LogP contribution in [0.2, 0.25) is 5.02 Å². The van der Waals surface area contributed by atoms with Gasteiger partial charge in [0, 0.05) is 30.2 Å². The first-order valence-electron chi connectivity index (χ1n) is 11.5. The van der Waals surface area contributed by atoms with Gasteiger partial charge in [-0.1, -0.05) is 60.1 Å². The molecule has 2 amide bonds. The van der Waals surface area contributed by atoms with Crippen molar-refractivity contribution in [2.75, 3.05) is 11.9 Å². The van der Waals surface area contributed by atoms with Crippen LogP contribution in [-0.2, 0) is 29.1 Å². The quantitative estimate of drug-likeness (QED) is 0.365. The highest BCUT2D eigenvalue weighted by atomic mass is 35.5. The fourth-order valence-electron chi connectivity index (χ4n) is 3.92. The van der Waals surface area contributed by atoms with Gasteiger partial charge in [0.2, 0.25) is 11.8 Å². The van der Waals surface area contributed by atoms with Gasteiger partial charge in [-0.2, -0.15) is 0 Å². The van der Waals surface area contributed by atoms with E-state index < -0.39 is 17.2 Å². The standard InChI is InChI=1S/C27H25ClN4O4/c28-20-9-6-10-21(17-20)30-25(34)18-32-23-12-5-4-11-22(23)26(35)31(27(32)36)16-14-24(33)29-15-13-19-7-2-1-3-8-19/h1-12,17H,13-16,18H2,(H,29,33)(H,30,34). The van der Waals surface area contributed by atoms with Crippen LogP contribution in [0.5, 0.6) is 0 Å². The molecule has 4 aromatic rings. The summed E-state index contributed by atoms with van der Waals surface area (Å²) in [7, 11) is 0. The number of para-hydroxylation sites is 1. The molecule has 36 heavy (non-hydrogen) atoms. The summed E-state index contributed by atoms with van der Waals surface area (Å²) < 4.78 is 2.25. The van der Waals surface area contributed by atoms with Gasteiger partial charge in [-0.15, -0.1) is 0 Å². The first kappa shape index (κ1) is 24.9. The van der Waals surface area contributed by atoms with Gasteiger partial charge in [0.05, 0.1) is 10.9 Å². The fraction of sp³-hybridized carbons (Fsp3) is 0.185. The molecule has 0 saturated carbocycles. The average Bonchev–Trinajstić information content (AvgIpc) is 2.87. The second-order valence-corrected chi connectivity index (χ2v) is 8.67. The zero-order chi connectivity index (χ0) is 25.5. The summed E-state index contributed by atoms with van der Waals surface area (Å²) in [5, 5.41) is 6.28. The van der Waals surface area contributed by atoms with Gasteiger partial charge >= 0.3 is 5.69 Å². The number of halogens is 1. The molecule has 0 fully saturated rings. The Morgan fingerprint density at radius 2 is 1.58 bits per heavy atom. The molecule has 4 rings (SSSR count). The van der Waals surface area contributed by atoms with Crippen molar-refractivity contribution in [2.24, 2.45) is 0 Å². The van der Waals surface area contributed by atoms with E-state index in [4.69, 9.17) is 11.6 Å². The van der Waals surface area contributed by atoms with Gasteiger partial charge in [-0.25, -0.2) is 4.79 Å². The van der Waals surface area contributed by atoms with Gasteiger partial charge in [0.15, 0.2) is 0 Å². The Kier molecular flexibility index (Phi) is 7.97. The number of fused-ring (bicyclic) bond motifs is 1. The van der Waals surface area contributed by atoms with Crippen LogP contribution < -0.4 is 21.9 Å². The number of rotatable bonds is 9. The van der Waals surface area contributed by atoms with Gasteiger partial charge in [-0.3, -0.25) is 23.5 Å². The maximum absolute atomic E-state index is 13.3. The van der Waals surface area contributed by atoms with Gasteiger partial charge < -0.3 is 10.6 Å². The maximum Gasteiger partial charge on any atom is 0.331 e. The van der Waals surface area contributed by atoms with Crippen LogP contribution in [-0.4, -0.2) is 27.5 Å². The number of benzene rings is 3. The normalized spacial score (nSPS) is 10.8. The van der Waals surface area contributed by atoms with E-state index >= 15 is 0 Å². The number of carbonyl (C=O) groups excluding carboxylic acids is 2. The summed E-state index contributed by atoms with van der Waals surface area (Å²) in [5.74, 6) is -0.719. The zero-order valence-corrected chi connectivity index (χ0v) is 20.2. The third kappa shape index (κ3) is 6.09. The summed E-state index contributed by atoms with van der Waals surface area (Å²) in [5.41, 5.74) is 0.779. The summed E-state index contributed by atoms with van der Waals surface area (Å²) in [6, 6.07) is 23.0. The van der Waals surface area contributed by atoms with E-state index in [1.807, 2.05) is 30.3 Å². The van der Waals surface area contributed by atoms with Crippen LogP contribution in [0.15, 0.2) is 88.5 Å². The van der Waals surface area contributed by atoms with E-state index in [9.17, 15) is 19.2 Å². The van der Waals surface area contributed by atoms with Crippen molar-refractivity contribution in [1.29, 1.82) is 0 Å². The Bertz CT molecular complexity index is 1510. The highest BCUT2D eigenvalue weighted by molar-refractivity contribution is 6.30. The lowest BCUT2D eigenvalue weighted by atomic mass is 10.1.